The number of anilines is 1. The van der Waals surface area contributed by atoms with Gasteiger partial charge in [-0.05, 0) is 31.4 Å². The molecule has 112 valence electrons. The van der Waals surface area contributed by atoms with Gasteiger partial charge in [0.25, 0.3) is 5.56 Å². The number of nitrogens with one attached hydrogen (secondary N) is 1. The van der Waals surface area contributed by atoms with Crippen LogP contribution in [0.25, 0.3) is 10.6 Å². The molecule has 2 aromatic heterocycles. The third-order valence-electron chi connectivity index (χ3n) is 3.87. The maximum Gasteiger partial charge on any atom is 0.261 e. The molecule has 0 radical (unpaired) electrons. The summed E-state index contributed by atoms with van der Waals surface area (Å²) in [6.07, 6.45) is 7.57. The Kier molecular flexibility index (Phi) is 4.34. The lowest BCUT2D eigenvalue weighted by Crippen LogP contribution is -2.23. The summed E-state index contributed by atoms with van der Waals surface area (Å²) in [5.74, 6) is 0. The fourth-order valence-corrected chi connectivity index (χ4v) is 3.56. The first-order valence-electron chi connectivity index (χ1n) is 7.58. The van der Waals surface area contributed by atoms with E-state index in [4.69, 9.17) is 0 Å². The van der Waals surface area contributed by atoms with Crippen molar-refractivity contribution in [3.05, 3.63) is 28.7 Å². The summed E-state index contributed by atoms with van der Waals surface area (Å²) < 4.78 is 1.88. The molecule has 1 aliphatic carbocycles. The molecule has 0 bridgehead atoms. The maximum atomic E-state index is 12.7. The minimum atomic E-state index is 0.0580. The number of rotatable bonds is 5. The van der Waals surface area contributed by atoms with Crippen LogP contribution in [0.4, 0.5) is 5.13 Å². The van der Waals surface area contributed by atoms with E-state index in [2.05, 4.69) is 22.4 Å². The summed E-state index contributed by atoms with van der Waals surface area (Å²) in [4.78, 5) is 12.7. The molecule has 0 aromatic carbocycles. The van der Waals surface area contributed by atoms with Gasteiger partial charge in [0.15, 0.2) is 5.01 Å². The average molecular weight is 304 g/mol. The second-order valence-electron chi connectivity index (χ2n) is 5.41. The molecule has 1 saturated carbocycles. The van der Waals surface area contributed by atoms with E-state index in [1.165, 1.54) is 24.2 Å². The molecule has 0 amide bonds. The van der Waals surface area contributed by atoms with Crippen molar-refractivity contribution in [2.75, 3.05) is 11.9 Å². The van der Waals surface area contributed by atoms with Crippen molar-refractivity contribution >= 4 is 16.5 Å². The minimum absolute atomic E-state index is 0.0580. The van der Waals surface area contributed by atoms with Gasteiger partial charge in [0, 0.05) is 18.8 Å². The highest BCUT2D eigenvalue weighted by Crippen LogP contribution is 2.29. The molecule has 1 fully saturated rings. The zero-order valence-corrected chi connectivity index (χ0v) is 13.0. The van der Waals surface area contributed by atoms with Crippen LogP contribution in [0.15, 0.2) is 23.1 Å². The molecule has 0 saturated heterocycles. The lowest BCUT2D eigenvalue weighted by Gasteiger charge is -2.13. The fourth-order valence-electron chi connectivity index (χ4n) is 2.78. The highest BCUT2D eigenvalue weighted by atomic mass is 32.1. The van der Waals surface area contributed by atoms with Crippen LogP contribution >= 0.6 is 11.3 Å². The lowest BCUT2D eigenvalue weighted by molar-refractivity contribution is 0.503. The summed E-state index contributed by atoms with van der Waals surface area (Å²) in [7, 11) is 0. The Hall–Kier alpha value is -1.69. The Bertz CT molecular complexity index is 658. The summed E-state index contributed by atoms with van der Waals surface area (Å²) in [6.45, 7) is 2.97. The molecule has 0 atom stereocenters. The topological polar surface area (TPSA) is 59.8 Å². The fraction of sp³-hybridized carbons (Fsp3) is 0.533. The van der Waals surface area contributed by atoms with E-state index in [-0.39, 0.29) is 5.56 Å². The second-order valence-corrected chi connectivity index (χ2v) is 6.39. The van der Waals surface area contributed by atoms with E-state index in [9.17, 15) is 4.79 Å². The normalized spacial score (nSPS) is 15.5. The first-order valence-corrected chi connectivity index (χ1v) is 8.40. The molecule has 5 nitrogen and oxygen atoms in total. The quantitative estimate of drug-likeness (QED) is 0.920. The largest absolute Gasteiger partial charge is 0.360 e. The van der Waals surface area contributed by atoms with Crippen LogP contribution in [0.2, 0.25) is 0 Å². The molecule has 0 unspecified atom stereocenters. The Morgan fingerprint density at radius 3 is 2.95 bits per heavy atom. The summed E-state index contributed by atoms with van der Waals surface area (Å²) in [5.41, 5.74) is 0.717. The van der Waals surface area contributed by atoms with Gasteiger partial charge in [0.1, 0.15) is 0 Å². The van der Waals surface area contributed by atoms with Crippen LogP contribution in [0.1, 0.15) is 45.1 Å². The molecular weight excluding hydrogens is 284 g/mol. The summed E-state index contributed by atoms with van der Waals surface area (Å²) in [6, 6.07) is 4.14. The minimum Gasteiger partial charge on any atom is -0.360 e. The van der Waals surface area contributed by atoms with Crippen molar-refractivity contribution in [2.45, 2.75) is 45.1 Å². The third-order valence-corrected chi connectivity index (χ3v) is 4.79. The number of pyridine rings is 1. The number of nitrogens with zero attached hydrogens (tertiary/aromatic N) is 3. The van der Waals surface area contributed by atoms with Gasteiger partial charge in [-0.3, -0.25) is 4.79 Å². The lowest BCUT2D eigenvalue weighted by atomic mass is 10.2. The van der Waals surface area contributed by atoms with Gasteiger partial charge in [0.2, 0.25) is 5.13 Å². The molecule has 6 heteroatoms. The molecule has 21 heavy (non-hydrogen) atoms. The Balaban J connectivity index is 1.89. The first kappa shape index (κ1) is 14.3. The first-order chi connectivity index (χ1) is 10.3. The van der Waals surface area contributed by atoms with E-state index < -0.39 is 0 Å². The smallest absolute Gasteiger partial charge is 0.261 e. The standard InChI is InChI=1S/C15H20N4OS/c1-2-9-16-15-18-17-13(21-15)12-8-5-10-19(14(12)20)11-6-3-4-7-11/h5,8,10-11H,2-4,6-7,9H2,1H3,(H,16,18). The highest BCUT2D eigenvalue weighted by Gasteiger charge is 2.20. The summed E-state index contributed by atoms with van der Waals surface area (Å²) in [5, 5.41) is 13.0. The van der Waals surface area contributed by atoms with E-state index >= 15 is 0 Å². The van der Waals surface area contributed by atoms with Crippen molar-refractivity contribution in [1.82, 2.24) is 14.8 Å². The van der Waals surface area contributed by atoms with Gasteiger partial charge in [-0.25, -0.2) is 0 Å². The van der Waals surface area contributed by atoms with Crippen LogP contribution in [-0.2, 0) is 0 Å². The Morgan fingerprint density at radius 1 is 1.38 bits per heavy atom. The van der Waals surface area contributed by atoms with E-state index in [0.29, 0.717) is 16.6 Å². The van der Waals surface area contributed by atoms with Crippen molar-refractivity contribution in [1.29, 1.82) is 0 Å². The van der Waals surface area contributed by atoms with Gasteiger partial charge in [-0.15, -0.1) is 10.2 Å². The molecule has 3 rings (SSSR count). The molecule has 2 heterocycles. The van der Waals surface area contributed by atoms with Gasteiger partial charge in [-0.2, -0.15) is 0 Å². The van der Waals surface area contributed by atoms with Crippen molar-refractivity contribution in [3.8, 4) is 10.6 Å². The summed E-state index contributed by atoms with van der Waals surface area (Å²) >= 11 is 1.44. The van der Waals surface area contributed by atoms with E-state index in [1.54, 1.807) is 0 Å². The van der Waals surface area contributed by atoms with Crippen LogP contribution in [0.3, 0.4) is 0 Å². The third kappa shape index (κ3) is 3.00. The zero-order chi connectivity index (χ0) is 14.7. The van der Waals surface area contributed by atoms with Gasteiger partial charge >= 0.3 is 0 Å². The van der Waals surface area contributed by atoms with Gasteiger partial charge in [0.05, 0.1) is 5.56 Å². The Morgan fingerprint density at radius 2 is 2.19 bits per heavy atom. The van der Waals surface area contributed by atoms with Crippen LogP contribution in [0.5, 0.6) is 0 Å². The molecule has 0 aliphatic heterocycles. The molecule has 2 aromatic rings. The Labute approximate surface area is 128 Å². The van der Waals surface area contributed by atoms with Crippen LogP contribution < -0.4 is 10.9 Å². The van der Waals surface area contributed by atoms with E-state index in [1.807, 2.05) is 22.9 Å². The maximum absolute atomic E-state index is 12.7. The van der Waals surface area contributed by atoms with Gasteiger partial charge < -0.3 is 9.88 Å². The zero-order valence-electron chi connectivity index (χ0n) is 12.2. The van der Waals surface area contributed by atoms with E-state index in [0.717, 1.165) is 30.9 Å². The number of hydrogen-bond donors (Lipinski definition) is 1. The number of aromatic nitrogens is 3. The van der Waals surface area contributed by atoms with Crippen LogP contribution in [0, 0.1) is 0 Å². The monoisotopic (exact) mass is 304 g/mol. The second kappa shape index (κ2) is 6.39. The molecule has 1 N–H and O–H groups in total. The predicted octanol–water partition coefficient (Wildman–Crippen LogP) is 3.30. The average Bonchev–Trinajstić information content (AvgIpc) is 3.17. The highest BCUT2D eigenvalue weighted by molar-refractivity contribution is 7.18. The molecule has 1 aliphatic rings. The van der Waals surface area contributed by atoms with Crippen molar-refractivity contribution < 1.29 is 0 Å². The van der Waals surface area contributed by atoms with Gasteiger partial charge in [-0.1, -0.05) is 31.1 Å². The predicted molar refractivity (Wildman–Crippen MR) is 85.9 cm³/mol. The van der Waals surface area contributed by atoms with Crippen LogP contribution in [-0.4, -0.2) is 21.3 Å². The number of hydrogen-bond acceptors (Lipinski definition) is 5. The SMILES string of the molecule is CCCNc1nnc(-c2cccn(C3CCCC3)c2=O)s1. The van der Waals surface area contributed by atoms with Crippen molar-refractivity contribution in [3.63, 3.8) is 0 Å². The molecule has 0 spiro atoms. The molecular formula is C15H20N4OS. The van der Waals surface area contributed by atoms with Crippen molar-refractivity contribution in [2.24, 2.45) is 0 Å².